The smallest absolute Gasteiger partial charge is 0.410 e. The van der Waals surface area contributed by atoms with E-state index < -0.39 is 5.60 Å². The van der Waals surface area contributed by atoms with E-state index in [9.17, 15) is 4.79 Å². The highest BCUT2D eigenvalue weighted by Crippen LogP contribution is 2.33. The van der Waals surface area contributed by atoms with Crippen molar-refractivity contribution in [1.29, 1.82) is 0 Å². The Morgan fingerprint density at radius 3 is 2.20 bits per heavy atom. The Balaban J connectivity index is 1.91. The summed E-state index contributed by atoms with van der Waals surface area (Å²) >= 11 is 0. The summed E-state index contributed by atoms with van der Waals surface area (Å²) in [7, 11) is 0. The first-order valence-electron chi connectivity index (χ1n) is 7.84. The minimum Gasteiger partial charge on any atom is -0.444 e. The van der Waals surface area contributed by atoms with E-state index in [-0.39, 0.29) is 6.09 Å². The molecule has 1 aliphatic carbocycles. The molecule has 1 saturated carbocycles. The molecule has 2 aliphatic rings. The molecule has 2 fully saturated rings. The molecule has 1 saturated heterocycles. The third kappa shape index (κ3) is 4.35. The van der Waals surface area contributed by atoms with Crippen LogP contribution in [0.5, 0.6) is 0 Å². The van der Waals surface area contributed by atoms with Gasteiger partial charge in [0, 0.05) is 38.3 Å². The molecule has 0 radical (unpaired) electrons. The molecule has 2 N–H and O–H groups in total. The van der Waals surface area contributed by atoms with Gasteiger partial charge in [0.1, 0.15) is 5.60 Å². The normalized spacial score (nSPS) is 21.8. The van der Waals surface area contributed by atoms with Crippen molar-refractivity contribution in [1.82, 2.24) is 9.80 Å². The molecular formula is C15H29N3O2. The number of hydrogen-bond acceptors (Lipinski definition) is 4. The molecule has 0 spiro atoms. The first-order valence-corrected chi connectivity index (χ1v) is 7.84. The van der Waals surface area contributed by atoms with Crippen LogP contribution in [0, 0.1) is 0 Å². The average Bonchev–Trinajstić information content (AvgIpc) is 3.14. The van der Waals surface area contributed by atoms with Crippen LogP contribution in [0.2, 0.25) is 0 Å². The van der Waals surface area contributed by atoms with Crippen molar-refractivity contribution in [3.8, 4) is 0 Å². The van der Waals surface area contributed by atoms with Crippen LogP contribution in [0.25, 0.3) is 0 Å². The quantitative estimate of drug-likeness (QED) is 0.855. The van der Waals surface area contributed by atoms with Crippen molar-refractivity contribution in [2.45, 2.75) is 64.1 Å². The van der Waals surface area contributed by atoms with Crippen LogP contribution < -0.4 is 5.73 Å². The van der Waals surface area contributed by atoms with Gasteiger partial charge >= 0.3 is 6.09 Å². The molecule has 5 nitrogen and oxygen atoms in total. The lowest BCUT2D eigenvalue weighted by Crippen LogP contribution is -2.50. The first-order chi connectivity index (χ1) is 9.40. The molecule has 5 heteroatoms. The van der Waals surface area contributed by atoms with Gasteiger partial charge in [0.25, 0.3) is 0 Å². The lowest BCUT2D eigenvalue weighted by atomic mass is 10.0. The fourth-order valence-electron chi connectivity index (χ4n) is 2.87. The number of piperidine rings is 1. The highest BCUT2D eigenvalue weighted by Gasteiger charge is 2.40. The summed E-state index contributed by atoms with van der Waals surface area (Å²) in [4.78, 5) is 16.8. The fraction of sp³-hybridized carbons (Fsp3) is 0.933. The van der Waals surface area contributed by atoms with E-state index >= 15 is 0 Å². The lowest BCUT2D eigenvalue weighted by molar-refractivity contribution is 0.00597. The Labute approximate surface area is 122 Å². The molecule has 1 heterocycles. The van der Waals surface area contributed by atoms with Gasteiger partial charge in [-0.05, 0) is 46.5 Å². The monoisotopic (exact) mass is 283 g/mol. The molecular weight excluding hydrogens is 254 g/mol. The van der Waals surface area contributed by atoms with E-state index in [1.807, 2.05) is 25.7 Å². The molecule has 116 valence electrons. The van der Waals surface area contributed by atoms with Gasteiger partial charge < -0.3 is 20.3 Å². The van der Waals surface area contributed by atoms with Gasteiger partial charge in [-0.15, -0.1) is 0 Å². The Morgan fingerprint density at radius 1 is 1.20 bits per heavy atom. The summed E-state index contributed by atoms with van der Waals surface area (Å²) in [6, 6.07) is 0.752. The summed E-state index contributed by atoms with van der Waals surface area (Å²) in [5.74, 6) is 0. The standard InChI is InChI=1S/C15H29N3O2/c1-15(2,3)20-14(19)18(12-4-5-12)13-6-9-17(10-7-13)11-8-16/h12-13H,4-11,16H2,1-3H3. The average molecular weight is 283 g/mol. The fourth-order valence-corrected chi connectivity index (χ4v) is 2.87. The maximum absolute atomic E-state index is 12.4. The molecule has 2 rings (SSSR count). The van der Waals surface area contributed by atoms with Gasteiger partial charge in [-0.2, -0.15) is 0 Å². The van der Waals surface area contributed by atoms with Gasteiger partial charge in [-0.3, -0.25) is 0 Å². The van der Waals surface area contributed by atoms with Gasteiger partial charge in [0.05, 0.1) is 0 Å². The number of carbonyl (C=O) groups is 1. The summed E-state index contributed by atoms with van der Waals surface area (Å²) in [6.45, 7) is 9.53. The zero-order chi connectivity index (χ0) is 14.8. The zero-order valence-corrected chi connectivity index (χ0v) is 13.1. The number of likely N-dealkylation sites (tertiary alicyclic amines) is 1. The summed E-state index contributed by atoms with van der Waals surface area (Å²) in [6.07, 6.45) is 4.20. The summed E-state index contributed by atoms with van der Waals surface area (Å²) in [5.41, 5.74) is 5.19. The number of hydrogen-bond donors (Lipinski definition) is 1. The SMILES string of the molecule is CC(C)(C)OC(=O)N(C1CC1)C1CCN(CCN)CC1. The number of nitrogens with two attached hydrogens (primary N) is 1. The number of carbonyl (C=O) groups excluding carboxylic acids is 1. The topological polar surface area (TPSA) is 58.8 Å². The maximum Gasteiger partial charge on any atom is 0.410 e. The Bertz CT molecular complexity index is 329. The maximum atomic E-state index is 12.4. The Kier molecular flexibility index (Phi) is 4.91. The molecule has 20 heavy (non-hydrogen) atoms. The van der Waals surface area contributed by atoms with E-state index in [1.165, 1.54) is 0 Å². The molecule has 0 aromatic rings. The Hall–Kier alpha value is -0.810. The van der Waals surface area contributed by atoms with E-state index in [2.05, 4.69) is 4.90 Å². The molecule has 0 unspecified atom stereocenters. The zero-order valence-electron chi connectivity index (χ0n) is 13.1. The van der Waals surface area contributed by atoms with Crippen molar-refractivity contribution in [3.05, 3.63) is 0 Å². The van der Waals surface area contributed by atoms with Crippen LogP contribution in [-0.4, -0.2) is 59.8 Å². The second-order valence-electron chi connectivity index (χ2n) is 6.98. The number of ether oxygens (including phenoxy) is 1. The molecule has 0 bridgehead atoms. The predicted molar refractivity (Wildman–Crippen MR) is 79.6 cm³/mol. The van der Waals surface area contributed by atoms with Gasteiger partial charge in [0.2, 0.25) is 0 Å². The van der Waals surface area contributed by atoms with Crippen LogP contribution in [0.15, 0.2) is 0 Å². The second kappa shape index (κ2) is 6.31. The lowest BCUT2D eigenvalue weighted by Gasteiger charge is -2.39. The van der Waals surface area contributed by atoms with Crippen molar-refractivity contribution in [2.24, 2.45) is 5.73 Å². The van der Waals surface area contributed by atoms with Crippen LogP contribution in [0.3, 0.4) is 0 Å². The first kappa shape index (κ1) is 15.6. The van der Waals surface area contributed by atoms with Gasteiger partial charge in [0.15, 0.2) is 0 Å². The third-order valence-electron chi connectivity index (χ3n) is 3.94. The number of nitrogens with zero attached hydrogens (tertiary/aromatic N) is 2. The molecule has 0 aromatic carbocycles. The highest BCUT2D eigenvalue weighted by molar-refractivity contribution is 5.69. The molecule has 1 amide bonds. The molecule has 0 aromatic heterocycles. The van der Waals surface area contributed by atoms with E-state index in [0.29, 0.717) is 18.6 Å². The second-order valence-corrected chi connectivity index (χ2v) is 6.98. The largest absolute Gasteiger partial charge is 0.444 e. The van der Waals surface area contributed by atoms with Crippen LogP contribution in [0.4, 0.5) is 4.79 Å². The van der Waals surface area contributed by atoms with E-state index in [1.54, 1.807) is 0 Å². The minimum atomic E-state index is -0.412. The third-order valence-corrected chi connectivity index (χ3v) is 3.94. The predicted octanol–water partition coefficient (Wildman–Crippen LogP) is 1.81. The van der Waals surface area contributed by atoms with Crippen molar-refractivity contribution in [2.75, 3.05) is 26.2 Å². The van der Waals surface area contributed by atoms with Crippen LogP contribution in [-0.2, 0) is 4.74 Å². The van der Waals surface area contributed by atoms with Crippen LogP contribution in [0.1, 0.15) is 46.5 Å². The highest BCUT2D eigenvalue weighted by atomic mass is 16.6. The number of amides is 1. The summed E-state index contributed by atoms with van der Waals surface area (Å²) < 4.78 is 5.58. The van der Waals surface area contributed by atoms with Crippen molar-refractivity contribution < 1.29 is 9.53 Å². The minimum absolute atomic E-state index is 0.128. The van der Waals surface area contributed by atoms with E-state index in [4.69, 9.17) is 10.5 Å². The molecule has 0 atom stereocenters. The van der Waals surface area contributed by atoms with E-state index in [0.717, 1.165) is 45.3 Å². The van der Waals surface area contributed by atoms with Gasteiger partial charge in [-0.1, -0.05) is 0 Å². The molecule has 1 aliphatic heterocycles. The van der Waals surface area contributed by atoms with Crippen LogP contribution >= 0.6 is 0 Å². The van der Waals surface area contributed by atoms with Gasteiger partial charge in [-0.25, -0.2) is 4.79 Å². The van der Waals surface area contributed by atoms with Crippen molar-refractivity contribution in [3.63, 3.8) is 0 Å². The summed E-state index contributed by atoms with van der Waals surface area (Å²) in [5, 5.41) is 0. The Morgan fingerprint density at radius 2 is 1.75 bits per heavy atom. The van der Waals surface area contributed by atoms with Crippen molar-refractivity contribution >= 4 is 6.09 Å². The number of rotatable bonds is 4.